The van der Waals surface area contributed by atoms with E-state index in [1.165, 1.54) is 0 Å². The number of rotatable bonds is 8. The monoisotopic (exact) mass is 592 g/mol. The van der Waals surface area contributed by atoms with E-state index in [9.17, 15) is 9.90 Å². The highest BCUT2D eigenvalue weighted by Crippen LogP contribution is 2.45. The minimum absolute atomic E-state index is 0.394. The van der Waals surface area contributed by atoms with Crippen molar-refractivity contribution in [3.63, 3.8) is 0 Å². The Morgan fingerprint density at radius 2 is 1.93 bits per heavy atom. The van der Waals surface area contributed by atoms with Crippen molar-refractivity contribution in [2.75, 3.05) is 30.3 Å². The predicted octanol–water partition coefficient (Wildman–Crippen LogP) is 7.30. The van der Waals surface area contributed by atoms with Crippen molar-refractivity contribution < 1.29 is 14.6 Å². The van der Waals surface area contributed by atoms with Gasteiger partial charge in [0.15, 0.2) is 6.10 Å². The van der Waals surface area contributed by atoms with Gasteiger partial charge in [-0.25, -0.2) is 9.78 Å². The van der Waals surface area contributed by atoms with Crippen molar-refractivity contribution in [2.45, 2.75) is 58.8 Å². The highest BCUT2D eigenvalue weighted by Gasteiger charge is 2.32. The molecule has 9 heteroatoms. The Morgan fingerprint density at radius 3 is 2.54 bits per heavy atom. The van der Waals surface area contributed by atoms with Gasteiger partial charge >= 0.3 is 5.97 Å². The highest BCUT2D eigenvalue weighted by atomic mass is 35.5. The number of anilines is 2. The van der Waals surface area contributed by atoms with E-state index in [0.29, 0.717) is 16.6 Å². The number of ether oxygens (including phenoxy) is 1. The number of nitrogen functional groups attached to an aromatic ring is 1. The van der Waals surface area contributed by atoms with Crippen LogP contribution in [0.15, 0.2) is 48.5 Å². The van der Waals surface area contributed by atoms with Gasteiger partial charge in [-0.3, -0.25) is 0 Å². The first kappa shape index (κ1) is 29.3. The molecule has 0 saturated carbocycles. The lowest BCUT2D eigenvalue weighted by Gasteiger charge is -2.30. The summed E-state index contributed by atoms with van der Waals surface area (Å²) in [5, 5.41) is 15.2. The topological polar surface area (TPSA) is 101 Å². The standard InChI is InChI=1S/C32H37ClN4O3S/c1-6-37(22-13-14-35-17-22)25-16-20(9-12-23(25)34)30-36-24-15-18(2)26(28(31(38)39)40-32(3,4)5)27(29(24)41-30)19-7-10-21(33)11-8-19/h7-12,15-16,22,28,35H,6,13-14,17,34H2,1-5H3,(H,38,39). The number of carboxylic acids is 1. The Kier molecular flexibility index (Phi) is 8.30. The predicted molar refractivity (Wildman–Crippen MR) is 170 cm³/mol. The number of carbonyl (C=O) groups is 1. The first-order chi connectivity index (χ1) is 19.5. The second kappa shape index (κ2) is 11.6. The third kappa shape index (κ3) is 6.06. The van der Waals surface area contributed by atoms with Crippen LogP contribution in [0.1, 0.15) is 51.3 Å². The summed E-state index contributed by atoms with van der Waals surface area (Å²) in [6.45, 7) is 12.5. The molecular weight excluding hydrogens is 556 g/mol. The number of fused-ring (bicyclic) bond motifs is 1. The molecule has 2 heterocycles. The summed E-state index contributed by atoms with van der Waals surface area (Å²) in [5.74, 6) is -1.04. The Balaban J connectivity index is 1.71. The molecule has 3 aromatic carbocycles. The minimum atomic E-state index is -1.16. The van der Waals surface area contributed by atoms with Gasteiger partial charge in [0.25, 0.3) is 0 Å². The van der Waals surface area contributed by atoms with Gasteiger partial charge in [0.1, 0.15) is 5.01 Å². The number of nitrogens with two attached hydrogens (primary N) is 1. The van der Waals surface area contributed by atoms with Crippen LogP contribution in [0.2, 0.25) is 5.02 Å². The van der Waals surface area contributed by atoms with Crippen molar-refractivity contribution in [2.24, 2.45) is 0 Å². The molecule has 216 valence electrons. The van der Waals surface area contributed by atoms with Crippen LogP contribution >= 0.6 is 22.9 Å². The number of hydrogen-bond donors (Lipinski definition) is 3. The van der Waals surface area contributed by atoms with Crippen LogP contribution in [0, 0.1) is 6.92 Å². The molecule has 1 aromatic heterocycles. The van der Waals surface area contributed by atoms with Crippen LogP contribution < -0.4 is 16.0 Å². The summed E-state index contributed by atoms with van der Waals surface area (Å²) in [5.41, 5.74) is 12.5. The fourth-order valence-corrected chi connectivity index (χ4v) is 6.87. The molecule has 2 unspecified atom stereocenters. The number of nitrogens with one attached hydrogen (secondary N) is 1. The molecule has 1 aliphatic heterocycles. The maximum Gasteiger partial charge on any atom is 0.337 e. The highest BCUT2D eigenvalue weighted by molar-refractivity contribution is 7.22. The lowest BCUT2D eigenvalue weighted by molar-refractivity contribution is -0.160. The SMILES string of the molecule is CCN(c1cc(-c2nc3cc(C)c(C(OC(C)(C)C)C(=O)O)c(-c4ccc(Cl)cc4)c3s2)ccc1N)C1CCNC1. The lowest BCUT2D eigenvalue weighted by atomic mass is 9.91. The van der Waals surface area contributed by atoms with E-state index in [2.05, 4.69) is 23.2 Å². The largest absolute Gasteiger partial charge is 0.479 e. The van der Waals surface area contributed by atoms with E-state index in [4.69, 9.17) is 27.1 Å². The van der Waals surface area contributed by atoms with E-state index in [1.807, 2.05) is 70.2 Å². The van der Waals surface area contributed by atoms with Gasteiger partial charge in [0, 0.05) is 40.8 Å². The molecule has 4 N–H and O–H groups in total. The average molecular weight is 593 g/mol. The van der Waals surface area contributed by atoms with Gasteiger partial charge in [-0.2, -0.15) is 0 Å². The van der Waals surface area contributed by atoms with Gasteiger partial charge in [0.05, 0.1) is 27.2 Å². The maximum absolute atomic E-state index is 12.6. The van der Waals surface area contributed by atoms with Crippen LogP contribution in [0.5, 0.6) is 0 Å². The van der Waals surface area contributed by atoms with Crippen LogP contribution in [0.4, 0.5) is 11.4 Å². The normalized spacial score (nSPS) is 16.3. The minimum Gasteiger partial charge on any atom is -0.479 e. The van der Waals surface area contributed by atoms with Gasteiger partial charge in [0.2, 0.25) is 0 Å². The summed E-state index contributed by atoms with van der Waals surface area (Å²) in [6, 6.07) is 15.9. The summed E-state index contributed by atoms with van der Waals surface area (Å²) in [6.07, 6.45) is -0.0797. The molecule has 1 saturated heterocycles. The number of aromatic nitrogens is 1. The number of aryl methyl sites for hydroxylation is 1. The van der Waals surface area contributed by atoms with Crippen molar-refractivity contribution in [3.05, 3.63) is 64.7 Å². The number of aliphatic carboxylic acids is 1. The third-order valence-electron chi connectivity index (χ3n) is 7.42. The molecule has 4 aromatic rings. The second-order valence-corrected chi connectivity index (χ2v) is 12.9. The first-order valence-electron chi connectivity index (χ1n) is 13.9. The Labute approximate surface area is 250 Å². The fourth-order valence-electron chi connectivity index (χ4n) is 5.62. The molecule has 0 spiro atoms. The number of benzene rings is 3. The Hall–Kier alpha value is -3.17. The summed E-state index contributed by atoms with van der Waals surface area (Å²) in [4.78, 5) is 20.0. The molecular formula is C32H37ClN4O3S. The van der Waals surface area contributed by atoms with Gasteiger partial charge in [-0.1, -0.05) is 23.7 Å². The lowest BCUT2D eigenvalue weighted by Crippen LogP contribution is -2.37. The number of halogens is 1. The molecule has 2 atom stereocenters. The Bertz CT molecular complexity index is 1570. The zero-order valence-electron chi connectivity index (χ0n) is 24.1. The number of nitrogens with zero attached hydrogens (tertiary/aromatic N) is 2. The fraction of sp³-hybridized carbons (Fsp3) is 0.375. The molecule has 41 heavy (non-hydrogen) atoms. The van der Waals surface area contributed by atoms with Gasteiger partial charge < -0.3 is 25.8 Å². The molecule has 1 fully saturated rings. The van der Waals surface area contributed by atoms with Gasteiger partial charge in [-0.05, 0) is 95.1 Å². The summed E-state index contributed by atoms with van der Waals surface area (Å²) < 4.78 is 7.04. The van der Waals surface area contributed by atoms with Crippen molar-refractivity contribution in [1.29, 1.82) is 0 Å². The number of thiazole rings is 1. The molecule has 7 nitrogen and oxygen atoms in total. The molecule has 1 aliphatic rings. The first-order valence-corrected chi connectivity index (χ1v) is 15.1. The Morgan fingerprint density at radius 1 is 1.22 bits per heavy atom. The summed E-state index contributed by atoms with van der Waals surface area (Å²) in [7, 11) is 0. The number of hydrogen-bond acceptors (Lipinski definition) is 7. The van der Waals surface area contributed by atoms with Crippen LogP contribution in [-0.2, 0) is 9.53 Å². The maximum atomic E-state index is 12.6. The van der Waals surface area contributed by atoms with Gasteiger partial charge in [-0.15, -0.1) is 11.3 Å². The average Bonchev–Trinajstić information content (AvgIpc) is 3.59. The molecule has 0 amide bonds. The smallest absolute Gasteiger partial charge is 0.337 e. The zero-order chi connectivity index (χ0) is 29.5. The van der Waals surface area contributed by atoms with E-state index in [-0.39, 0.29) is 0 Å². The zero-order valence-corrected chi connectivity index (χ0v) is 25.7. The van der Waals surface area contributed by atoms with Crippen LogP contribution in [-0.4, -0.2) is 47.3 Å². The number of likely N-dealkylation sites (N-methyl/N-ethyl adjacent to an activating group) is 1. The van der Waals surface area contributed by atoms with E-state index in [0.717, 1.165) is 74.9 Å². The van der Waals surface area contributed by atoms with Crippen LogP contribution in [0.25, 0.3) is 31.9 Å². The second-order valence-electron chi connectivity index (χ2n) is 11.5. The van der Waals surface area contributed by atoms with E-state index >= 15 is 0 Å². The quantitative estimate of drug-likeness (QED) is 0.184. The molecule has 0 radical (unpaired) electrons. The van der Waals surface area contributed by atoms with E-state index in [1.54, 1.807) is 11.3 Å². The van der Waals surface area contributed by atoms with Crippen molar-refractivity contribution >= 4 is 50.5 Å². The third-order valence-corrected chi connectivity index (χ3v) is 8.81. The van der Waals surface area contributed by atoms with Crippen molar-refractivity contribution in [1.82, 2.24) is 10.3 Å². The van der Waals surface area contributed by atoms with Crippen LogP contribution in [0.3, 0.4) is 0 Å². The number of carboxylic acid groups (broad SMARTS) is 1. The summed E-state index contributed by atoms with van der Waals surface area (Å²) >= 11 is 7.79. The van der Waals surface area contributed by atoms with E-state index < -0.39 is 17.7 Å². The molecule has 5 rings (SSSR count). The molecule has 0 bridgehead atoms. The molecule has 0 aliphatic carbocycles. The van der Waals surface area contributed by atoms with Crippen molar-refractivity contribution in [3.8, 4) is 21.7 Å².